The van der Waals surface area contributed by atoms with Crippen molar-refractivity contribution in [3.8, 4) is 17.1 Å². The first-order valence-corrected chi connectivity index (χ1v) is 9.26. The largest absolute Gasteiger partial charge is 0.448 e. The van der Waals surface area contributed by atoms with E-state index < -0.39 is 0 Å². The highest BCUT2D eigenvalue weighted by Gasteiger charge is 2.26. The average Bonchev–Trinajstić information content (AvgIpc) is 2.79. The maximum Gasteiger partial charge on any atom is 0.247 e. The molecule has 0 radical (unpaired) electrons. The van der Waals surface area contributed by atoms with Gasteiger partial charge in [0.15, 0.2) is 11.9 Å². The molecule has 0 bridgehead atoms. The molecule has 1 aliphatic heterocycles. The van der Waals surface area contributed by atoms with E-state index in [2.05, 4.69) is 52.5 Å². The minimum atomic E-state index is -0.339. The molecule has 4 rings (SSSR count). The molecule has 2 heterocycles. The van der Waals surface area contributed by atoms with E-state index in [9.17, 15) is 0 Å². The van der Waals surface area contributed by atoms with Crippen molar-refractivity contribution in [2.45, 2.75) is 25.2 Å². The van der Waals surface area contributed by atoms with Gasteiger partial charge in [-0.1, -0.05) is 53.7 Å². The molecule has 1 atom stereocenters. The summed E-state index contributed by atoms with van der Waals surface area (Å²) in [7, 11) is 0. The van der Waals surface area contributed by atoms with Crippen molar-refractivity contribution in [2.24, 2.45) is 0 Å². The summed E-state index contributed by atoms with van der Waals surface area (Å²) in [5.41, 5.74) is 6.00. The number of anilines is 1. The highest BCUT2D eigenvalue weighted by atomic mass is 32.2. The van der Waals surface area contributed by atoms with Gasteiger partial charge in [0, 0.05) is 16.8 Å². The second kappa shape index (κ2) is 6.37. The van der Waals surface area contributed by atoms with Crippen molar-refractivity contribution < 1.29 is 4.74 Å². The molecule has 126 valence electrons. The molecule has 0 amide bonds. The Morgan fingerprint density at radius 1 is 1.08 bits per heavy atom. The van der Waals surface area contributed by atoms with Crippen molar-refractivity contribution in [3.05, 3.63) is 59.2 Å². The van der Waals surface area contributed by atoms with Crippen molar-refractivity contribution >= 4 is 17.4 Å². The number of hydrogen-bond acceptors (Lipinski definition) is 6. The van der Waals surface area contributed by atoms with Gasteiger partial charge in [0.1, 0.15) is 0 Å². The number of benzene rings is 2. The lowest BCUT2D eigenvalue weighted by Gasteiger charge is -2.21. The molecule has 0 aliphatic carbocycles. The number of ether oxygens (including phenoxy) is 1. The lowest BCUT2D eigenvalue weighted by molar-refractivity contribution is 0.224. The highest BCUT2D eigenvalue weighted by Crippen LogP contribution is 2.39. The third kappa shape index (κ3) is 2.93. The Morgan fingerprint density at radius 2 is 1.92 bits per heavy atom. The van der Waals surface area contributed by atoms with Crippen LogP contribution in [0.2, 0.25) is 0 Å². The van der Waals surface area contributed by atoms with Crippen LogP contribution in [0, 0.1) is 13.8 Å². The first kappa shape index (κ1) is 15.9. The van der Waals surface area contributed by atoms with Gasteiger partial charge in [-0.25, -0.2) is 0 Å². The summed E-state index contributed by atoms with van der Waals surface area (Å²) >= 11 is 1.45. The van der Waals surface area contributed by atoms with Crippen LogP contribution < -0.4 is 10.1 Å². The van der Waals surface area contributed by atoms with E-state index in [0.29, 0.717) is 16.7 Å². The van der Waals surface area contributed by atoms with Gasteiger partial charge in [0.05, 0.1) is 0 Å². The predicted octanol–water partition coefficient (Wildman–Crippen LogP) is 4.38. The topological polar surface area (TPSA) is 59.9 Å². The Morgan fingerprint density at radius 3 is 2.76 bits per heavy atom. The van der Waals surface area contributed by atoms with Gasteiger partial charge in [-0.15, -0.1) is 10.2 Å². The number of aromatic nitrogens is 3. The number of para-hydroxylation sites is 1. The molecule has 0 saturated carbocycles. The second-order valence-corrected chi connectivity index (χ2v) is 6.77. The zero-order valence-electron chi connectivity index (χ0n) is 14.3. The zero-order valence-corrected chi connectivity index (χ0v) is 15.1. The van der Waals surface area contributed by atoms with Gasteiger partial charge < -0.3 is 10.1 Å². The van der Waals surface area contributed by atoms with E-state index in [4.69, 9.17) is 4.74 Å². The summed E-state index contributed by atoms with van der Waals surface area (Å²) in [4.78, 5) is 4.55. The fourth-order valence-electron chi connectivity index (χ4n) is 2.92. The van der Waals surface area contributed by atoms with Gasteiger partial charge >= 0.3 is 0 Å². The van der Waals surface area contributed by atoms with E-state index in [-0.39, 0.29) is 6.23 Å². The van der Waals surface area contributed by atoms with E-state index >= 15 is 0 Å². The van der Waals surface area contributed by atoms with Crippen molar-refractivity contribution in [3.63, 3.8) is 0 Å². The summed E-state index contributed by atoms with van der Waals surface area (Å²) < 4.78 is 6.27. The monoisotopic (exact) mass is 350 g/mol. The Bertz CT molecular complexity index is 944. The molecule has 2 aromatic carbocycles. The molecule has 0 saturated heterocycles. The number of nitrogens with zero attached hydrogens (tertiary/aromatic N) is 3. The third-order valence-corrected chi connectivity index (χ3v) is 4.77. The maximum absolute atomic E-state index is 6.27. The molecule has 1 unspecified atom stereocenters. The van der Waals surface area contributed by atoms with Crippen LogP contribution in [-0.4, -0.2) is 21.4 Å². The fraction of sp³-hybridized carbons (Fsp3) is 0.211. The van der Waals surface area contributed by atoms with Crippen LogP contribution in [0.15, 0.2) is 47.6 Å². The van der Waals surface area contributed by atoms with Crippen LogP contribution in [0.3, 0.4) is 0 Å². The lowest BCUT2D eigenvalue weighted by Crippen LogP contribution is -2.18. The number of hydrogen-bond donors (Lipinski definition) is 1. The Balaban J connectivity index is 1.89. The highest BCUT2D eigenvalue weighted by molar-refractivity contribution is 7.98. The summed E-state index contributed by atoms with van der Waals surface area (Å²) in [6.45, 7) is 4.17. The van der Waals surface area contributed by atoms with Crippen LogP contribution in [0.1, 0.15) is 22.9 Å². The van der Waals surface area contributed by atoms with E-state index in [0.717, 1.165) is 22.4 Å². The van der Waals surface area contributed by atoms with Crippen LogP contribution in [0.25, 0.3) is 11.3 Å². The van der Waals surface area contributed by atoms with Crippen LogP contribution in [0.4, 0.5) is 5.69 Å². The van der Waals surface area contributed by atoms with Crippen molar-refractivity contribution in [2.75, 3.05) is 11.6 Å². The van der Waals surface area contributed by atoms with Gasteiger partial charge in [-0.2, -0.15) is 4.98 Å². The Kier molecular flexibility index (Phi) is 4.05. The maximum atomic E-state index is 6.27. The summed E-state index contributed by atoms with van der Waals surface area (Å²) in [6, 6.07) is 14.4. The molecular weight excluding hydrogens is 332 g/mol. The minimum Gasteiger partial charge on any atom is -0.448 e. The van der Waals surface area contributed by atoms with Crippen molar-refractivity contribution in [1.29, 1.82) is 0 Å². The molecule has 5 nitrogen and oxygen atoms in total. The van der Waals surface area contributed by atoms with Crippen LogP contribution >= 0.6 is 11.8 Å². The molecule has 1 aromatic heterocycles. The smallest absolute Gasteiger partial charge is 0.247 e. The minimum absolute atomic E-state index is 0.339. The Labute approximate surface area is 150 Å². The molecule has 1 aliphatic rings. The van der Waals surface area contributed by atoms with Crippen molar-refractivity contribution in [1.82, 2.24) is 15.2 Å². The number of nitrogens with one attached hydrogen (secondary N) is 1. The van der Waals surface area contributed by atoms with Gasteiger partial charge in [-0.05, 0) is 31.7 Å². The quantitative estimate of drug-likeness (QED) is 0.692. The van der Waals surface area contributed by atoms with Gasteiger partial charge in [0.2, 0.25) is 11.0 Å². The van der Waals surface area contributed by atoms with E-state index in [1.807, 2.05) is 30.5 Å². The summed E-state index contributed by atoms with van der Waals surface area (Å²) in [6.07, 6.45) is 1.59. The van der Waals surface area contributed by atoms with Crippen LogP contribution in [0.5, 0.6) is 5.88 Å². The second-order valence-electron chi connectivity index (χ2n) is 6.00. The standard InChI is InChI=1S/C19H18N4OS/c1-11-8-9-12(2)14(10-11)17-20-15-7-5-4-6-13(15)16-18(24-17)21-19(25-3)23-22-16/h4-10,17,20H,1-3H3. The zero-order chi connectivity index (χ0) is 17.4. The average molecular weight is 350 g/mol. The first-order valence-electron chi connectivity index (χ1n) is 8.04. The van der Waals surface area contributed by atoms with E-state index in [1.165, 1.54) is 17.3 Å². The molecule has 3 aromatic rings. The Hall–Kier alpha value is -2.60. The number of thioether (sulfide) groups is 1. The molecular formula is C19H18N4OS. The molecule has 25 heavy (non-hydrogen) atoms. The molecule has 0 spiro atoms. The molecule has 6 heteroatoms. The first-order chi connectivity index (χ1) is 12.2. The predicted molar refractivity (Wildman–Crippen MR) is 100.0 cm³/mol. The number of rotatable bonds is 2. The van der Waals surface area contributed by atoms with E-state index in [1.54, 1.807) is 0 Å². The summed E-state index contributed by atoms with van der Waals surface area (Å²) in [5, 5.41) is 12.6. The number of fused-ring (bicyclic) bond motifs is 3. The fourth-order valence-corrected chi connectivity index (χ4v) is 3.21. The summed E-state index contributed by atoms with van der Waals surface area (Å²) in [5.74, 6) is 0.503. The van der Waals surface area contributed by atoms with Gasteiger partial charge in [-0.3, -0.25) is 0 Å². The molecule has 0 fully saturated rings. The third-order valence-electron chi connectivity index (χ3n) is 4.23. The normalized spacial score (nSPS) is 15.4. The van der Waals surface area contributed by atoms with Gasteiger partial charge in [0.25, 0.3) is 0 Å². The van der Waals surface area contributed by atoms with Crippen LogP contribution in [-0.2, 0) is 0 Å². The molecule has 1 N–H and O–H groups in total. The SMILES string of the molecule is CSc1nnc2c(n1)OC(c1cc(C)ccc1C)Nc1ccccc1-2. The lowest BCUT2D eigenvalue weighted by atomic mass is 10.0. The number of aryl methyl sites for hydroxylation is 2.